The van der Waals surface area contributed by atoms with Crippen molar-refractivity contribution in [3.63, 3.8) is 0 Å². The third-order valence-electron chi connectivity index (χ3n) is 2.54. The first-order valence-electron chi connectivity index (χ1n) is 6.14. The molecule has 0 radical (unpaired) electrons. The zero-order chi connectivity index (χ0) is 14.6. The third-order valence-corrected chi connectivity index (χ3v) is 2.78. The second-order valence-corrected chi connectivity index (χ2v) is 5.25. The summed E-state index contributed by atoms with van der Waals surface area (Å²) in [6, 6.07) is 3.84. The van der Waals surface area contributed by atoms with Gasteiger partial charge in [-0.3, -0.25) is 4.79 Å². The topological polar surface area (TPSA) is 64.3 Å². The van der Waals surface area contributed by atoms with Crippen molar-refractivity contribution in [3.05, 3.63) is 28.8 Å². The van der Waals surface area contributed by atoms with Crippen LogP contribution in [0.25, 0.3) is 0 Å². The first-order valence-corrected chi connectivity index (χ1v) is 6.55. The van der Waals surface area contributed by atoms with Gasteiger partial charge in [-0.25, -0.2) is 0 Å². The SMILES string of the molecule is Cc1cc(C(N)=S)cc(C)c1OCC(=O)NC(C)C. The van der Waals surface area contributed by atoms with Crippen LogP contribution >= 0.6 is 12.2 Å². The Morgan fingerprint density at radius 2 is 1.89 bits per heavy atom. The lowest BCUT2D eigenvalue weighted by Gasteiger charge is -2.14. The molecule has 1 amide bonds. The lowest BCUT2D eigenvalue weighted by molar-refractivity contribution is -0.123. The van der Waals surface area contributed by atoms with E-state index in [1.54, 1.807) is 0 Å². The molecule has 0 aromatic heterocycles. The molecule has 0 unspecified atom stereocenters. The van der Waals surface area contributed by atoms with Crippen molar-refractivity contribution >= 4 is 23.1 Å². The molecule has 5 heteroatoms. The number of aryl methyl sites for hydroxylation is 2. The van der Waals surface area contributed by atoms with E-state index in [1.165, 1.54) is 0 Å². The van der Waals surface area contributed by atoms with Crippen molar-refractivity contribution in [1.82, 2.24) is 5.32 Å². The van der Waals surface area contributed by atoms with Crippen LogP contribution in [0.2, 0.25) is 0 Å². The molecule has 3 N–H and O–H groups in total. The number of rotatable bonds is 5. The molecule has 0 aliphatic rings. The van der Waals surface area contributed by atoms with Crippen LogP contribution in [0.3, 0.4) is 0 Å². The predicted molar refractivity (Wildman–Crippen MR) is 80.6 cm³/mol. The van der Waals surface area contributed by atoms with Crippen molar-refractivity contribution in [1.29, 1.82) is 0 Å². The van der Waals surface area contributed by atoms with Gasteiger partial charge in [0.25, 0.3) is 5.91 Å². The summed E-state index contributed by atoms with van der Waals surface area (Å²) >= 11 is 4.95. The van der Waals surface area contributed by atoms with Crippen LogP contribution in [0.4, 0.5) is 0 Å². The predicted octanol–water partition coefficient (Wildman–Crippen LogP) is 1.84. The molecule has 19 heavy (non-hydrogen) atoms. The van der Waals surface area contributed by atoms with E-state index in [0.29, 0.717) is 10.7 Å². The Kier molecular flexibility index (Phi) is 5.30. The van der Waals surface area contributed by atoms with Gasteiger partial charge in [0.2, 0.25) is 0 Å². The van der Waals surface area contributed by atoms with Gasteiger partial charge in [-0.1, -0.05) is 12.2 Å². The van der Waals surface area contributed by atoms with E-state index < -0.39 is 0 Å². The van der Waals surface area contributed by atoms with E-state index >= 15 is 0 Å². The minimum atomic E-state index is -0.132. The van der Waals surface area contributed by atoms with Crippen LogP contribution in [0.5, 0.6) is 5.75 Å². The molecule has 0 saturated heterocycles. The van der Waals surface area contributed by atoms with Crippen molar-refractivity contribution in [2.24, 2.45) is 5.73 Å². The Morgan fingerprint density at radius 1 is 1.37 bits per heavy atom. The van der Waals surface area contributed by atoms with Gasteiger partial charge >= 0.3 is 0 Å². The van der Waals surface area contributed by atoms with Gasteiger partial charge in [-0.05, 0) is 51.0 Å². The van der Waals surface area contributed by atoms with E-state index in [0.717, 1.165) is 16.7 Å². The molecule has 1 aromatic rings. The average Bonchev–Trinajstić information content (AvgIpc) is 2.26. The van der Waals surface area contributed by atoms with Crippen molar-refractivity contribution in [3.8, 4) is 5.75 Å². The molecule has 104 valence electrons. The van der Waals surface area contributed by atoms with Crippen LogP contribution in [-0.4, -0.2) is 23.5 Å². The van der Waals surface area contributed by atoms with Gasteiger partial charge in [-0.15, -0.1) is 0 Å². The molecular weight excluding hydrogens is 260 g/mol. The standard InChI is InChI=1S/C14H20N2O2S/c1-8(2)16-12(17)7-18-13-9(3)5-11(14(15)19)6-10(13)4/h5-6,8H,7H2,1-4H3,(H2,15,19)(H,16,17). The number of carbonyl (C=O) groups is 1. The number of amides is 1. The first-order chi connectivity index (χ1) is 8.81. The van der Waals surface area contributed by atoms with Crippen molar-refractivity contribution < 1.29 is 9.53 Å². The second kappa shape index (κ2) is 6.52. The highest BCUT2D eigenvalue weighted by Crippen LogP contribution is 2.24. The molecule has 0 spiro atoms. The number of hydrogen-bond donors (Lipinski definition) is 2. The minimum Gasteiger partial charge on any atom is -0.483 e. The number of ether oxygens (including phenoxy) is 1. The Hall–Kier alpha value is -1.62. The summed E-state index contributed by atoms with van der Waals surface area (Å²) in [5.41, 5.74) is 8.25. The smallest absolute Gasteiger partial charge is 0.258 e. The zero-order valence-corrected chi connectivity index (χ0v) is 12.6. The lowest BCUT2D eigenvalue weighted by atomic mass is 10.1. The summed E-state index contributed by atoms with van der Waals surface area (Å²) in [4.78, 5) is 11.9. The largest absolute Gasteiger partial charge is 0.483 e. The Labute approximate surface area is 119 Å². The zero-order valence-electron chi connectivity index (χ0n) is 11.7. The Balaban J connectivity index is 2.79. The summed E-state index contributed by atoms with van der Waals surface area (Å²) in [7, 11) is 0. The minimum absolute atomic E-state index is 0.00623. The lowest BCUT2D eigenvalue weighted by Crippen LogP contribution is -2.34. The monoisotopic (exact) mass is 280 g/mol. The van der Waals surface area contributed by atoms with E-state index in [2.05, 4.69) is 5.32 Å². The summed E-state index contributed by atoms with van der Waals surface area (Å²) in [6.07, 6.45) is 0. The number of nitrogens with two attached hydrogens (primary N) is 1. The highest BCUT2D eigenvalue weighted by molar-refractivity contribution is 7.80. The maximum Gasteiger partial charge on any atom is 0.258 e. The van der Waals surface area contributed by atoms with Crippen LogP contribution < -0.4 is 15.8 Å². The fourth-order valence-electron chi connectivity index (χ4n) is 1.82. The molecule has 0 bridgehead atoms. The second-order valence-electron chi connectivity index (χ2n) is 4.81. The highest BCUT2D eigenvalue weighted by atomic mass is 32.1. The van der Waals surface area contributed by atoms with Crippen molar-refractivity contribution in [2.75, 3.05) is 6.61 Å². The quantitative estimate of drug-likeness (QED) is 0.808. The molecule has 1 aromatic carbocycles. The van der Waals surface area contributed by atoms with E-state index in [1.807, 2.05) is 39.8 Å². The number of thiocarbonyl (C=S) groups is 1. The molecule has 0 aliphatic carbocycles. The Morgan fingerprint density at radius 3 is 2.32 bits per heavy atom. The maximum absolute atomic E-state index is 11.5. The van der Waals surface area contributed by atoms with Gasteiger partial charge < -0.3 is 15.8 Å². The van der Waals surface area contributed by atoms with Gasteiger partial charge in [0, 0.05) is 11.6 Å². The molecule has 1 rings (SSSR count). The first kappa shape index (κ1) is 15.4. The number of carbonyl (C=O) groups excluding carboxylic acids is 1. The van der Waals surface area contributed by atoms with E-state index in [9.17, 15) is 4.79 Å². The number of benzene rings is 1. The van der Waals surface area contributed by atoms with Gasteiger partial charge in [0.1, 0.15) is 10.7 Å². The van der Waals surface area contributed by atoms with Crippen LogP contribution in [0.1, 0.15) is 30.5 Å². The van der Waals surface area contributed by atoms with E-state index in [4.69, 9.17) is 22.7 Å². The molecule has 0 aliphatic heterocycles. The summed E-state index contributed by atoms with van der Waals surface area (Å²) in [5.74, 6) is 0.575. The van der Waals surface area contributed by atoms with Gasteiger partial charge in [-0.2, -0.15) is 0 Å². The fourth-order valence-corrected chi connectivity index (χ4v) is 1.94. The average molecular weight is 280 g/mol. The molecular formula is C14H20N2O2S. The number of nitrogens with one attached hydrogen (secondary N) is 1. The maximum atomic E-state index is 11.5. The molecule has 0 heterocycles. The Bertz CT molecular complexity index is 475. The summed E-state index contributed by atoms with van der Waals surface area (Å²) in [6.45, 7) is 7.64. The molecule has 0 saturated carbocycles. The normalized spacial score (nSPS) is 10.4. The van der Waals surface area contributed by atoms with Gasteiger partial charge in [0.05, 0.1) is 0 Å². The van der Waals surface area contributed by atoms with Crippen LogP contribution in [-0.2, 0) is 4.79 Å². The van der Waals surface area contributed by atoms with Crippen LogP contribution in [0.15, 0.2) is 12.1 Å². The molecule has 4 nitrogen and oxygen atoms in total. The third kappa shape index (κ3) is 4.52. The summed E-state index contributed by atoms with van der Waals surface area (Å²) in [5, 5.41) is 2.78. The fraction of sp³-hybridized carbons (Fsp3) is 0.429. The molecule has 0 atom stereocenters. The van der Waals surface area contributed by atoms with Crippen molar-refractivity contribution in [2.45, 2.75) is 33.7 Å². The highest BCUT2D eigenvalue weighted by Gasteiger charge is 2.10. The summed E-state index contributed by atoms with van der Waals surface area (Å²) < 4.78 is 5.57. The molecule has 0 fully saturated rings. The number of hydrogen-bond acceptors (Lipinski definition) is 3. The van der Waals surface area contributed by atoms with E-state index in [-0.39, 0.29) is 18.6 Å². The van der Waals surface area contributed by atoms with Crippen LogP contribution in [0, 0.1) is 13.8 Å². The van der Waals surface area contributed by atoms with Gasteiger partial charge in [0.15, 0.2) is 6.61 Å².